The maximum absolute atomic E-state index is 5.44. The van der Waals surface area contributed by atoms with Crippen LogP contribution in [0.2, 0.25) is 0 Å². The largest absolute Gasteiger partial charge is 0.330 e. The normalized spacial score (nSPS) is 12.2. The zero-order valence-electron chi connectivity index (χ0n) is 11.2. The zero-order valence-corrected chi connectivity index (χ0v) is 11.2. The van der Waals surface area contributed by atoms with Crippen LogP contribution in [0.4, 0.5) is 0 Å². The highest BCUT2D eigenvalue weighted by atomic mass is 14.9. The van der Waals surface area contributed by atoms with Crippen LogP contribution in [0.15, 0.2) is 30.3 Å². The Hall–Kier alpha value is -1.12. The Morgan fingerprint density at radius 2 is 1.82 bits per heavy atom. The van der Waals surface area contributed by atoms with Crippen molar-refractivity contribution >= 4 is 6.08 Å². The lowest BCUT2D eigenvalue weighted by Gasteiger charge is -2.20. The van der Waals surface area contributed by atoms with Crippen LogP contribution >= 0.6 is 0 Å². The highest BCUT2D eigenvalue weighted by Crippen LogP contribution is 2.08. The number of benzene rings is 1. The quantitative estimate of drug-likeness (QED) is 0.819. The molecule has 0 spiro atoms. The predicted octanol–water partition coefficient (Wildman–Crippen LogP) is 2.94. The summed E-state index contributed by atoms with van der Waals surface area (Å²) in [5.74, 6) is 0. The van der Waals surface area contributed by atoms with Crippen molar-refractivity contribution in [1.29, 1.82) is 0 Å². The van der Waals surface area contributed by atoms with Crippen LogP contribution in [0.3, 0.4) is 0 Å². The second kappa shape index (κ2) is 6.58. The molecule has 0 bridgehead atoms. The molecule has 17 heavy (non-hydrogen) atoms. The SMILES string of the molecule is CC(C)(C)NCc1ccc(C=CCCN)cc1. The van der Waals surface area contributed by atoms with Gasteiger partial charge in [0.15, 0.2) is 0 Å². The Morgan fingerprint density at radius 1 is 1.18 bits per heavy atom. The Kier molecular flexibility index (Phi) is 5.39. The topological polar surface area (TPSA) is 38.0 Å². The van der Waals surface area contributed by atoms with E-state index in [-0.39, 0.29) is 5.54 Å². The van der Waals surface area contributed by atoms with Crippen LogP contribution in [0.5, 0.6) is 0 Å². The van der Waals surface area contributed by atoms with Gasteiger partial charge in [-0.05, 0) is 44.9 Å². The van der Waals surface area contributed by atoms with Gasteiger partial charge < -0.3 is 11.1 Å². The lowest BCUT2D eigenvalue weighted by molar-refractivity contribution is 0.424. The van der Waals surface area contributed by atoms with Gasteiger partial charge in [-0.3, -0.25) is 0 Å². The first-order valence-electron chi connectivity index (χ1n) is 6.22. The minimum absolute atomic E-state index is 0.166. The van der Waals surface area contributed by atoms with Crippen molar-refractivity contribution in [3.8, 4) is 0 Å². The van der Waals surface area contributed by atoms with Gasteiger partial charge in [0.25, 0.3) is 0 Å². The van der Waals surface area contributed by atoms with Crippen molar-refractivity contribution in [2.75, 3.05) is 6.54 Å². The summed E-state index contributed by atoms with van der Waals surface area (Å²) in [6, 6.07) is 8.63. The lowest BCUT2D eigenvalue weighted by Crippen LogP contribution is -2.35. The summed E-state index contributed by atoms with van der Waals surface area (Å²) in [6.45, 7) is 8.16. The second-order valence-corrected chi connectivity index (χ2v) is 5.32. The molecular formula is C15H24N2. The summed E-state index contributed by atoms with van der Waals surface area (Å²) in [6.07, 6.45) is 5.17. The first-order valence-corrected chi connectivity index (χ1v) is 6.22. The molecule has 0 aliphatic carbocycles. The summed E-state index contributed by atoms with van der Waals surface area (Å²) < 4.78 is 0. The fraction of sp³-hybridized carbons (Fsp3) is 0.467. The lowest BCUT2D eigenvalue weighted by atomic mass is 10.1. The minimum Gasteiger partial charge on any atom is -0.330 e. The van der Waals surface area contributed by atoms with Crippen molar-refractivity contribution in [3.05, 3.63) is 41.5 Å². The van der Waals surface area contributed by atoms with Crippen molar-refractivity contribution < 1.29 is 0 Å². The Bertz CT molecular complexity index is 344. The average molecular weight is 232 g/mol. The van der Waals surface area contributed by atoms with E-state index in [4.69, 9.17) is 5.73 Å². The summed E-state index contributed by atoms with van der Waals surface area (Å²) in [5.41, 5.74) is 8.15. The Morgan fingerprint density at radius 3 is 2.35 bits per heavy atom. The van der Waals surface area contributed by atoms with Crippen molar-refractivity contribution in [2.24, 2.45) is 5.73 Å². The van der Waals surface area contributed by atoms with Gasteiger partial charge in [-0.1, -0.05) is 36.4 Å². The molecule has 0 aromatic heterocycles. The fourth-order valence-electron chi connectivity index (χ4n) is 1.43. The third-order valence-corrected chi connectivity index (χ3v) is 2.45. The van der Waals surface area contributed by atoms with Gasteiger partial charge in [-0.25, -0.2) is 0 Å². The zero-order chi connectivity index (χ0) is 12.7. The maximum atomic E-state index is 5.44. The van der Waals surface area contributed by atoms with E-state index in [1.54, 1.807) is 0 Å². The molecule has 2 heteroatoms. The molecule has 0 aliphatic heterocycles. The van der Waals surface area contributed by atoms with E-state index in [9.17, 15) is 0 Å². The molecule has 0 aliphatic rings. The summed E-state index contributed by atoms with van der Waals surface area (Å²) in [7, 11) is 0. The number of nitrogens with one attached hydrogen (secondary N) is 1. The molecule has 2 nitrogen and oxygen atoms in total. The van der Waals surface area contributed by atoms with Crippen molar-refractivity contribution in [3.63, 3.8) is 0 Å². The third kappa shape index (κ3) is 6.25. The van der Waals surface area contributed by atoms with Gasteiger partial charge in [0.2, 0.25) is 0 Å². The standard InChI is InChI=1S/C15H24N2/c1-15(2,3)17-12-14-9-7-13(8-10-14)6-4-5-11-16/h4,6-10,17H,5,11-12,16H2,1-3H3. The van der Waals surface area contributed by atoms with Gasteiger partial charge in [-0.15, -0.1) is 0 Å². The molecular weight excluding hydrogens is 208 g/mol. The molecule has 1 aromatic rings. The minimum atomic E-state index is 0.166. The molecule has 3 N–H and O–H groups in total. The molecule has 0 fully saturated rings. The van der Waals surface area contributed by atoms with Crippen LogP contribution < -0.4 is 11.1 Å². The van der Waals surface area contributed by atoms with Crippen LogP contribution in [0, 0.1) is 0 Å². The van der Waals surface area contributed by atoms with Crippen LogP contribution in [-0.2, 0) is 6.54 Å². The van der Waals surface area contributed by atoms with Gasteiger partial charge in [0.1, 0.15) is 0 Å². The van der Waals surface area contributed by atoms with E-state index in [2.05, 4.69) is 62.5 Å². The van der Waals surface area contributed by atoms with Crippen LogP contribution in [-0.4, -0.2) is 12.1 Å². The second-order valence-electron chi connectivity index (χ2n) is 5.32. The molecule has 0 saturated heterocycles. The molecule has 0 amide bonds. The van der Waals surface area contributed by atoms with Gasteiger partial charge >= 0.3 is 0 Å². The van der Waals surface area contributed by atoms with Gasteiger partial charge in [-0.2, -0.15) is 0 Å². The summed E-state index contributed by atoms with van der Waals surface area (Å²) >= 11 is 0. The van der Waals surface area contributed by atoms with Gasteiger partial charge in [0.05, 0.1) is 0 Å². The molecule has 1 aromatic carbocycles. The molecule has 0 unspecified atom stereocenters. The first kappa shape index (κ1) is 13.9. The smallest absolute Gasteiger partial charge is 0.0210 e. The number of hydrogen-bond donors (Lipinski definition) is 2. The van der Waals surface area contributed by atoms with Gasteiger partial charge in [0, 0.05) is 12.1 Å². The average Bonchev–Trinajstić information content (AvgIpc) is 2.27. The summed E-state index contributed by atoms with van der Waals surface area (Å²) in [5, 5.41) is 3.48. The number of rotatable bonds is 5. The first-order chi connectivity index (χ1) is 8.01. The Labute approximate surface area is 105 Å². The van der Waals surface area contributed by atoms with E-state index in [0.29, 0.717) is 6.54 Å². The van der Waals surface area contributed by atoms with Crippen molar-refractivity contribution in [2.45, 2.75) is 39.3 Å². The van der Waals surface area contributed by atoms with E-state index in [1.165, 1.54) is 11.1 Å². The number of nitrogens with two attached hydrogens (primary N) is 1. The van der Waals surface area contributed by atoms with Crippen LogP contribution in [0.25, 0.3) is 6.08 Å². The maximum Gasteiger partial charge on any atom is 0.0210 e. The molecule has 0 radical (unpaired) electrons. The molecule has 0 atom stereocenters. The van der Waals surface area contributed by atoms with E-state index in [0.717, 1.165) is 13.0 Å². The van der Waals surface area contributed by atoms with Crippen LogP contribution in [0.1, 0.15) is 38.3 Å². The fourth-order valence-corrected chi connectivity index (χ4v) is 1.43. The monoisotopic (exact) mass is 232 g/mol. The number of hydrogen-bond acceptors (Lipinski definition) is 2. The van der Waals surface area contributed by atoms with E-state index < -0.39 is 0 Å². The van der Waals surface area contributed by atoms with E-state index >= 15 is 0 Å². The van der Waals surface area contributed by atoms with E-state index in [1.807, 2.05) is 0 Å². The molecule has 0 heterocycles. The predicted molar refractivity (Wildman–Crippen MR) is 75.7 cm³/mol. The molecule has 94 valence electrons. The highest BCUT2D eigenvalue weighted by molar-refractivity contribution is 5.49. The molecule has 0 saturated carbocycles. The molecule has 1 rings (SSSR count). The summed E-state index contributed by atoms with van der Waals surface area (Å²) in [4.78, 5) is 0. The Balaban J connectivity index is 2.50. The third-order valence-electron chi connectivity index (χ3n) is 2.45. The van der Waals surface area contributed by atoms with Crippen molar-refractivity contribution in [1.82, 2.24) is 5.32 Å². The highest BCUT2D eigenvalue weighted by Gasteiger charge is 2.07.